The summed E-state index contributed by atoms with van der Waals surface area (Å²) in [5.74, 6) is 0.985. The fraction of sp³-hybridized carbons (Fsp3) is 0.182. The first-order chi connectivity index (χ1) is 14.8. The molecule has 0 atom stereocenters. The Kier molecular flexibility index (Phi) is 4.59. The van der Waals surface area contributed by atoms with Crippen LogP contribution in [0.2, 0.25) is 0 Å². The smallest absolute Gasteiger partial charge is 0.391 e. The van der Waals surface area contributed by atoms with E-state index in [4.69, 9.17) is 4.42 Å². The molecular formula is C22H20N3O5P. The van der Waals surface area contributed by atoms with Crippen LogP contribution in [0.1, 0.15) is 18.4 Å². The molecule has 31 heavy (non-hydrogen) atoms. The second-order valence-corrected chi connectivity index (χ2v) is 9.27. The van der Waals surface area contributed by atoms with Gasteiger partial charge in [0.15, 0.2) is 5.82 Å². The Morgan fingerprint density at radius 1 is 1.19 bits per heavy atom. The maximum atomic E-state index is 12.1. The van der Waals surface area contributed by atoms with Crippen LogP contribution in [0.4, 0.5) is 5.82 Å². The largest absolute Gasteiger partial charge is 0.448 e. The van der Waals surface area contributed by atoms with Crippen LogP contribution in [0, 0.1) is 12.8 Å². The van der Waals surface area contributed by atoms with Crippen molar-refractivity contribution in [1.82, 2.24) is 9.38 Å². The van der Waals surface area contributed by atoms with Crippen molar-refractivity contribution in [3.63, 3.8) is 0 Å². The van der Waals surface area contributed by atoms with E-state index in [1.54, 1.807) is 12.3 Å². The van der Waals surface area contributed by atoms with E-state index in [-0.39, 0.29) is 17.3 Å². The molecule has 8 nitrogen and oxygen atoms in total. The van der Waals surface area contributed by atoms with E-state index < -0.39 is 7.60 Å². The number of rotatable bonds is 5. The number of furan rings is 1. The van der Waals surface area contributed by atoms with Crippen LogP contribution < -0.4 is 10.8 Å². The second kappa shape index (κ2) is 7.20. The monoisotopic (exact) mass is 437 g/mol. The van der Waals surface area contributed by atoms with E-state index in [0.29, 0.717) is 17.2 Å². The summed E-state index contributed by atoms with van der Waals surface area (Å²) in [6, 6.07) is 14.4. The molecule has 1 aromatic carbocycles. The molecule has 1 amide bonds. The van der Waals surface area contributed by atoms with Crippen LogP contribution in [0.15, 0.2) is 59.1 Å². The molecule has 3 aromatic heterocycles. The quantitative estimate of drug-likeness (QED) is 0.410. The zero-order valence-electron chi connectivity index (χ0n) is 16.6. The van der Waals surface area contributed by atoms with E-state index in [9.17, 15) is 19.1 Å². The maximum Gasteiger partial charge on any atom is 0.391 e. The fourth-order valence-corrected chi connectivity index (χ4v) is 4.04. The molecule has 0 aliphatic heterocycles. The van der Waals surface area contributed by atoms with Crippen molar-refractivity contribution in [2.75, 3.05) is 5.32 Å². The summed E-state index contributed by atoms with van der Waals surface area (Å²) in [5, 5.41) is 2.88. The number of carbonyl (C=O) groups excluding carboxylic acids is 1. The summed E-state index contributed by atoms with van der Waals surface area (Å²) in [6.45, 7) is 1.90. The predicted molar refractivity (Wildman–Crippen MR) is 116 cm³/mol. The lowest BCUT2D eigenvalue weighted by molar-refractivity contribution is -0.117. The molecule has 0 radical (unpaired) electrons. The molecule has 0 saturated heterocycles. The Morgan fingerprint density at radius 2 is 2.00 bits per heavy atom. The molecule has 0 spiro atoms. The molecule has 0 bridgehead atoms. The molecular weight excluding hydrogens is 417 g/mol. The average molecular weight is 437 g/mol. The Labute approximate surface area is 177 Å². The third kappa shape index (κ3) is 3.81. The Bertz CT molecular complexity index is 1360. The molecule has 0 unspecified atom stereocenters. The number of fused-ring (bicyclic) bond motifs is 1. The van der Waals surface area contributed by atoms with Gasteiger partial charge in [0, 0.05) is 11.5 Å². The van der Waals surface area contributed by atoms with Crippen molar-refractivity contribution < 1.29 is 23.6 Å². The van der Waals surface area contributed by atoms with Gasteiger partial charge in [-0.05, 0) is 61.2 Å². The Hall–Kier alpha value is -3.19. The number of benzene rings is 1. The first-order valence-corrected chi connectivity index (χ1v) is 11.5. The lowest BCUT2D eigenvalue weighted by Gasteiger charge is -2.09. The number of anilines is 1. The summed E-state index contributed by atoms with van der Waals surface area (Å²) < 4.78 is 18.8. The molecule has 4 aromatic rings. The first kappa shape index (κ1) is 19.8. The van der Waals surface area contributed by atoms with Gasteiger partial charge in [-0.25, -0.2) is 4.98 Å². The number of nitrogens with zero attached hydrogens (tertiary/aromatic N) is 2. The van der Waals surface area contributed by atoms with Crippen LogP contribution in [0.25, 0.3) is 28.2 Å². The second-order valence-electron chi connectivity index (χ2n) is 7.74. The highest BCUT2D eigenvalue weighted by Gasteiger charge is 2.30. The highest BCUT2D eigenvalue weighted by atomic mass is 31.2. The van der Waals surface area contributed by atoms with Crippen LogP contribution in [0.5, 0.6) is 0 Å². The van der Waals surface area contributed by atoms with E-state index in [0.717, 1.165) is 35.2 Å². The van der Waals surface area contributed by atoms with Crippen LogP contribution in [-0.4, -0.2) is 25.1 Å². The number of pyridine rings is 1. The number of aromatic nitrogens is 2. The van der Waals surface area contributed by atoms with Gasteiger partial charge in [-0.3, -0.25) is 13.8 Å². The number of hydrogen-bond acceptors (Lipinski definition) is 4. The summed E-state index contributed by atoms with van der Waals surface area (Å²) in [5.41, 5.74) is 3.72. The minimum atomic E-state index is -4.46. The van der Waals surface area contributed by atoms with Gasteiger partial charge in [-0.2, -0.15) is 0 Å². The summed E-state index contributed by atoms with van der Waals surface area (Å²) >= 11 is 0. The van der Waals surface area contributed by atoms with Gasteiger partial charge in [0.2, 0.25) is 11.4 Å². The average Bonchev–Trinajstić information content (AvgIpc) is 3.30. The van der Waals surface area contributed by atoms with Gasteiger partial charge in [-0.15, -0.1) is 0 Å². The standard InChI is InChI=1S/C22H20N3O5P/c1-13-5-6-15(11-16(13)18-9-10-21(30-18)31(27,28)29)17-3-2-4-20-23-19(12-25(17)20)24-22(26)14-7-8-14/h2-6,9-12,14H,7-8H2,1H3,(H,24,26)(H2,27,28,29). The lowest BCUT2D eigenvalue weighted by Crippen LogP contribution is -2.13. The maximum absolute atomic E-state index is 12.1. The summed E-state index contributed by atoms with van der Waals surface area (Å²) in [7, 11) is -4.46. The molecule has 1 aliphatic carbocycles. The molecule has 1 aliphatic rings. The van der Waals surface area contributed by atoms with Crippen LogP contribution >= 0.6 is 7.60 Å². The number of hydrogen-bond donors (Lipinski definition) is 3. The molecule has 9 heteroatoms. The molecule has 3 N–H and O–H groups in total. The number of imidazole rings is 1. The summed E-state index contributed by atoms with van der Waals surface area (Å²) in [6.07, 6.45) is 3.64. The van der Waals surface area contributed by atoms with Gasteiger partial charge >= 0.3 is 7.60 Å². The zero-order chi connectivity index (χ0) is 21.8. The molecule has 3 heterocycles. The van der Waals surface area contributed by atoms with Crippen LogP contribution in [0.3, 0.4) is 0 Å². The molecule has 1 fully saturated rings. The van der Waals surface area contributed by atoms with E-state index in [2.05, 4.69) is 10.3 Å². The van der Waals surface area contributed by atoms with Gasteiger partial charge in [0.1, 0.15) is 11.4 Å². The minimum absolute atomic E-state index is 0.00116. The van der Waals surface area contributed by atoms with Gasteiger partial charge in [-0.1, -0.05) is 18.2 Å². The van der Waals surface area contributed by atoms with Crippen molar-refractivity contribution in [2.24, 2.45) is 5.92 Å². The SMILES string of the molecule is Cc1ccc(-c2cccc3nc(NC(=O)C4CC4)cn23)cc1-c1ccc(P(=O)(O)O)o1. The topological polar surface area (TPSA) is 117 Å². The van der Waals surface area contributed by atoms with Crippen molar-refractivity contribution in [3.8, 4) is 22.6 Å². The van der Waals surface area contributed by atoms with Crippen molar-refractivity contribution >= 4 is 30.5 Å². The normalized spacial score (nSPS) is 14.2. The van der Waals surface area contributed by atoms with Gasteiger partial charge in [0.25, 0.3) is 0 Å². The highest BCUT2D eigenvalue weighted by Crippen LogP contribution is 2.37. The minimum Gasteiger partial charge on any atom is -0.448 e. The number of carbonyl (C=O) groups is 1. The Morgan fingerprint density at radius 3 is 2.71 bits per heavy atom. The molecule has 5 rings (SSSR count). The lowest BCUT2D eigenvalue weighted by atomic mass is 10.0. The highest BCUT2D eigenvalue weighted by molar-refractivity contribution is 7.59. The number of amides is 1. The van der Waals surface area contributed by atoms with Crippen molar-refractivity contribution in [1.29, 1.82) is 0 Å². The van der Waals surface area contributed by atoms with Gasteiger partial charge < -0.3 is 19.5 Å². The van der Waals surface area contributed by atoms with E-state index in [1.165, 1.54) is 6.07 Å². The molecule has 1 saturated carbocycles. The zero-order valence-corrected chi connectivity index (χ0v) is 17.5. The number of aryl methyl sites for hydroxylation is 1. The Balaban J connectivity index is 1.55. The van der Waals surface area contributed by atoms with E-state index in [1.807, 2.05) is 47.7 Å². The molecule has 158 valence electrons. The summed E-state index contributed by atoms with van der Waals surface area (Å²) in [4.78, 5) is 35.3. The first-order valence-electron chi connectivity index (χ1n) is 9.86. The number of nitrogens with one attached hydrogen (secondary N) is 1. The van der Waals surface area contributed by atoms with Crippen molar-refractivity contribution in [2.45, 2.75) is 19.8 Å². The fourth-order valence-electron chi connectivity index (χ4n) is 3.56. The third-order valence-electron chi connectivity index (χ3n) is 5.37. The van der Waals surface area contributed by atoms with Crippen molar-refractivity contribution in [3.05, 3.63) is 60.3 Å². The van der Waals surface area contributed by atoms with Crippen LogP contribution in [-0.2, 0) is 9.36 Å². The third-order valence-corrected chi connectivity index (χ3v) is 6.18. The predicted octanol–water partition coefficient (Wildman–Crippen LogP) is 3.72. The van der Waals surface area contributed by atoms with E-state index >= 15 is 0 Å². The van der Waals surface area contributed by atoms with Gasteiger partial charge in [0.05, 0.1) is 11.9 Å².